The minimum absolute atomic E-state index is 0.261. The summed E-state index contributed by atoms with van der Waals surface area (Å²) in [4.78, 5) is 0. The first-order chi connectivity index (χ1) is 9.72. The number of hydrogen-bond acceptors (Lipinski definition) is 0. The number of rotatable bonds is 2. The molecule has 0 saturated heterocycles. The van der Waals surface area contributed by atoms with E-state index in [0.717, 1.165) is 22.3 Å². The lowest BCUT2D eigenvalue weighted by atomic mass is 9.99. The highest BCUT2D eigenvalue weighted by Gasteiger charge is 2.03. The molecule has 0 atom stereocenters. The molecule has 0 saturated carbocycles. The highest BCUT2D eigenvalue weighted by molar-refractivity contribution is 5.71. The predicted molar refractivity (Wildman–Crippen MR) is 76.1 cm³/mol. The fraction of sp³-hybridized carbons (Fsp3) is 0. The molecule has 0 aliphatic heterocycles. The summed E-state index contributed by atoms with van der Waals surface area (Å²) < 4.78 is 25.9. The van der Waals surface area contributed by atoms with Crippen molar-refractivity contribution < 1.29 is 8.78 Å². The summed E-state index contributed by atoms with van der Waals surface area (Å²) in [6.45, 7) is 0. The van der Waals surface area contributed by atoms with E-state index >= 15 is 0 Å². The molecule has 3 aromatic carbocycles. The molecule has 97 valence electrons. The van der Waals surface area contributed by atoms with Crippen molar-refractivity contribution >= 4 is 0 Å². The standard InChI is InChI=1S/C18H11F2/c19-17-8-4-13(5-9-17)15-2-1-3-16(12-15)14-6-10-18(20)11-7-14/h1-11H. The van der Waals surface area contributed by atoms with Crippen molar-refractivity contribution in [3.63, 3.8) is 0 Å². The Hall–Kier alpha value is -2.48. The Morgan fingerprint density at radius 2 is 0.950 bits per heavy atom. The molecule has 20 heavy (non-hydrogen) atoms. The van der Waals surface area contributed by atoms with Crippen LogP contribution in [0.2, 0.25) is 0 Å². The molecule has 0 bridgehead atoms. The molecule has 0 nitrogen and oxygen atoms in total. The summed E-state index contributed by atoms with van der Waals surface area (Å²) in [5.74, 6) is -0.521. The maximum atomic E-state index is 12.9. The zero-order valence-corrected chi connectivity index (χ0v) is 10.6. The molecule has 0 fully saturated rings. The smallest absolute Gasteiger partial charge is 0.123 e. The Balaban J connectivity index is 2.01. The van der Waals surface area contributed by atoms with Crippen LogP contribution in [-0.2, 0) is 0 Å². The SMILES string of the molecule is Fc1ccc(-c2[c]c(-c3ccc(F)cc3)ccc2)cc1. The molecule has 0 aliphatic rings. The summed E-state index contributed by atoms with van der Waals surface area (Å²) in [5.41, 5.74) is 3.56. The fourth-order valence-electron chi connectivity index (χ4n) is 2.06. The van der Waals surface area contributed by atoms with Crippen molar-refractivity contribution in [2.24, 2.45) is 0 Å². The van der Waals surface area contributed by atoms with E-state index in [9.17, 15) is 8.78 Å². The van der Waals surface area contributed by atoms with Gasteiger partial charge >= 0.3 is 0 Å². The van der Waals surface area contributed by atoms with Gasteiger partial charge < -0.3 is 0 Å². The average Bonchev–Trinajstić information content (AvgIpc) is 2.49. The molecule has 0 unspecified atom stereocenters. The van der Waals surface area contributed by atoms with Gasteiger partial charge in [0, 0.05) is 0 Å². The summed E-state index contributed by atoms with van der Waals surface area (Å²) in [5, 5.41) is 0. The minimum atomic E-state index is -0.261. The van der Waals surface area contributed by atoms with E-state index in [1.807, 2.05) is 18.2 Å². The zero-order valence-electron chi connectivity index (χ0n) is 10.6. The van der Waals surface area contributed by atoms with Gasteiger partial charge in [-0.1, -0.05) is 42.5 Å². The van der Waals surface area contributed by atoms with Gasteiger partial charge in [0.1, 0.15) is 11.6 Å². The van der Waals surface area contributed by atoms with Crippen LogP contribution in [0.3, 0.4) is 0 Å². The van der Waals surface area contributed by atoms with E-state index in [4.69, 9.17) is 0 Å². The molecule has 0 aromatic heterocycles. The predicted octanol–water partition coefficient (Wildman–Crippen LogP) is 5.10. The molecule has 0 aliphatic carbocycles. The topological polar surface area (TPSA) is 0 Å². The van der Waals surface area contributed by atoms with E-state index < -0.39 is 0 Å². The Morgan fingerprint density at radius 3 is 1.35 bits per heavy atom. The van der Waals surface area contributed by atoms with Crippen molar-refractivity contribution in [2.45, 2.75) is 0 Å². The molecule has 0 amide bonds. The lowest BCUT2D eigenvalue weighted by Crippen LogP contribution is -1.83. The molecule has 3 aromatic rings. The Bertz CT molecular complexity index is 652. The van der Waals surface area contributed by atoms with Gasteiger partial charge in [-0.15, -0.1) is 0 Å². The van der Waals surface area contributed by atoms with Crippen LogP contribution in [0.5, 0.6) is 0 Å². The summed E-state index contributed by atoms with van der Waals surface area (Å²) in [7, 11) is 0. The van der Waals surface area contributed by atoms with E-state index in [2.05, 4.69) is 6.07 Å². The lowest BCUT2D eigenvalue weighted by Gasteiger charge is -2.05. The second-order valence-electron chi connectivity index (χ2n) is 4.49. The second kappa shape index (κ2) is 5.25. The average molecular weight is 265 g/mol. The van der Waals surface area contributed by atoms with Gasteiger partial charge in [-0.25, -0.2) is 8.78 Å². The van der Waals surface area contributed by atoms with Crippen molar-refractivity contribution in [2.75, 3.05) is 0 Å². The molecule has 1 radical (unpaired) electrons. The Morgan fingerprint density at radius 1 is 0.550 bits per heavy atom. The van der Waals surface area contributed by atoms with Gasteiger partial charge in [0.25, 0.3) is 0 Å². The highest BCUT2D eigenvalue weighted by Crippen LogP contribution is 2.25. The van der Waals surface area contributed by atoms with Gasteiger partial charge in [-0.05, 0) is 52.6 Å². The normalized spacial score (nSPS) is 10.5. The van der Waals surface area contributed by atoms with Gasteiger partial charge in [-0.2, -0.15) is 0 Å². The quantitative estimate of drug-likeness (QED) is 0.604. The molecule has 2 heteroatoms. The van der Waals surface area contributed by atoms with E-state index in [0.29, 0.717) is 0 Å². The van der Waals surface area contributed by atoms with Crippen LogP contribution in [0.15, 0.2) is 66.7 Å². The van der Waals surface area contributed by atoms with Crippen LogP contribution in [-0.4, -0.2) is 0 Å². The maximum absolute atomic E-state index is 12.9. The Kier molecular flexibility index (Phi) is 3.30. The van der Waals surface area contributed by atoms with Gasteiger partial charge in [0.2, 0.25) is 0 Å². The third-order valence-electron chi connectivity index (χ3n) is 3.11. The van der Waals surface area contributed by atoms with Crippen LogP contribution in [0.1, 0.15) is 0 Å². The van der Waals surface area contributed by atoms with Crippen LogP contribution in [0.25, 0.3) is 22.3 Å². The van der Waals surface area contributed by atoms with Gasteiger partial charge in [0.15, 0.2) is 0 Å². The summed E-state index contributed by atoms with van der Waals surface area (Å²) in [6.07, 6.45) is 0. The van der Waals surface area contributed by atoms with Crippen LogP contribution in [0, 0.1) is 17.7 Å². The highest BCUT2D eigenvalue weighted by atomic mass is 19.1. The van der Waals surface area contributed by atoms with E-state index in [1.165, 1.54) is 24.3 Å². The molecule has 0 spiro atoms. The number of hydrogen-bond donors (Lipinski definition) is 0. The third-order valence-corrected chi connectivity index (χ3v) is 3.11. The van der Waals surface area contributed by atoms with Crippen LogP contribution < -0.4 is 0 Å². The van der Waals surface area contributed by atoms with E-state index in [-0.39, 0.29) is 11.6 Å². The molecular formula is C18H11F2. The first kappa shape index (κ1) is 12.5. The van der Waals surface area contributed by atoms with E-state index in [1.54, 1.807) is 24.3 Å². The van der Waals surface area contributed by atoms with Crippen LogP contribution in [0.4, 0.5) is 8.78 Å². The van der Waals surface area contributed by atoms with Crippen LogP contribution >= 0.6 is 0 Å². The number of halogens is 2. The fourth-order valence-corrected chi connectivity index (χ4v) is 2.06. The summed E-state index contributed by atoms with van der Waals surface area (Å²) >= 11 is 0. The van der Waals surface area contributed by atoms with Gasteiger partial charge in [0.05, 0.1) is 0 Å². The maximum Gasteiger partial charge on any atom is 0.123 e. The summed E-state index contributed by atoms with van der Waals surface area (Å²) in [6, 6.07) is 21.6. The lowest BCUT2D eigenvalue weighted by molar-refractivity contribution is 0.627. The largest absolute Gasteiger partial charge is 0.207 e. The first-order valence-corrected chi connectivity index (χ1v) is 6.26. The number of benzene rings is 3. The van der Waals surface area contributed by atoms with Crippen molar-refractivity contribution in [1.82, 2.24) is 0 Å². The minimum Gasteiger partial charge on any atom is -0.207 e. The monoisotopic (exact) mass is 265 g/mol. The second-order valence-corrected chi connectivity index (χ2v) is 4.49. The zero-order chi connectivity index (χ0) is 13.9. The van der Waals surface area contributed by atoms with Crippen molar-refractivity contribution in [1.29, 1.82) is 0 Å². The Labute approximate surface area is 116 Å². The third kappa shape index (κ3) is 2.59. The first-order valence-electron chi connectivity index (χ1n) is 6.26. The molecule has 0 heterocycles. The van der Waals surface area contributed by atoms with Crippen molar-refractivity contribution in [3.8, 4) is 22.3 Å². The molecular weight excluding hydrogens is 254 g/mol. The molecule has 3 rings (SSSR count). The van der Waals surface area contributed by atoms with Gasteiger partial charge in [-0.3, -0.25) is 0 Å². The van der Waals surface area contributed by atoms with Crippen molar-refractivity contribution in [3.05, 3.63) is 84.4 Å². The molecule has 0 N–H and O–H groups in total.